The van der Waals surface area contributed by atoms with E-state index in [2.05, 4.69) is 10.8 Å². The molecule has 1 heterocycles. The topological polar surface area (TPSA) is 48.2 Å². The lowest BCUT2D eigenvalue weighted by atomic mass is 10.1. The first-order chi connectivity index (χ1) is 8.38. The highest BCUT2D eigenvalue weighted by molar-refractivity contribution is 7.90. The van der Waals surface area contributed by atoms with E-state index >= 15 is 0 Å². The molecule has 98 valence electrons. The fourth-order valence-electron chi connectivity index (χ4n) is 1.66. The van der Waals surface area contributed by atoms with Crippen molar-refractivity contribution >= 4 is 22.3 Å². The normalized spacial score (nSPS) is 15.8. The molecule has 0 spiro atoms. The maximum atomic E-state index is 12.0. The minimum atomic E-state index is -1.07. The number of hydrogen-bond donors (Lipinski definition) is 1. The fraction of sp³-hybridized carbons (Fsp3) is 0.429. The summed E-state index contributed by atoms with van der Waals surface area (Å²) in [5.41, 5.74) is 1.99. The highest BCUT2D eigenvalue weighted by atomic mass is 32.2. The molecule has 0 aliphatic heterocycles. The highest BCUT2D eigenvalue weighted by Crippen LogP contribution is 2.23. The summed E-state index contributed by atoms with van der Waals surface area (Å²) in [7, 11) is 0. The zero-order chi connectivity index (χ0) is 13.3. The zero-order valence-electron chi connectivity index (χ0n) is 11.2. The average Bonchev–Trinajstić information content (AvgIpc) is 2.74. The van der Waals surface area contributed by atoms with Gasteiger partial charge in [0.2, 0.25) is 0 Å². The van der Waals surface area contributed by atoms with Crippen LogP contribution >= 0.6 is 0 Å². The maximum absolute atomic E-state index is 12.0. The molecular formula is C14H19NO2S. The van der Waals surface area contributed by atoms with Crippen LogP contribution in [0.1, 0.15) is 39.3 Å². The second kappa shape index (κ2) is 4.96. The molecule has 0 aliphatic rings. The molecule has 1 aromatic heterocycles. The number of fused-ring (bicyclic) bond motifs is 1. The third-order valence-corrected chi connectivity index (χ3v) is 4.50. The van der Waals surface area contributed by atoms with Crippen molar-refractivity contribution in [1.82, 2.24) is 4.72 Å². The molecule has 1 unspecified atom stereocenters. The van der Waals surface area contributed by atoms with Gasteiger partial charge in [0.15, 0.2) is 0 Å². The van der Waals surface area contributed by atoms with Crippen LogP contribution in [-0.2, 0) is 11.4 Å². The van der Waals surface area contributed by atoms with E-state index in [0.29, 0.717) is 0 Å². The van der Waals surface area contributed by atoms with Crippen LogP contribution in [0.3, 0.4) is 0 Å². The SMILES string of the molecule is C[C@H](N[S+]([O-])C(C)(C)C)c1ccc2occc2c1. The molecule has 0 aliphatic carbocycles. The Morgan fingerprint density at radius 2 is 2.00 bits per heavy atom. The van der Waals surface area contributed by atoms with Gasteiger partial charge in [0.25, 0.3) is 0 Å². The Hall–Kier alpha value is -0.970. The van der Waals surface area contributed by atoms with E-state index in [4.69, 9.17) is 4.42 Å². The van der Waals surface area contributed by atoms with E-state index in [1.54, 1.807) is 6.26 Å². The van der Waals surface area contributed by atoms with Crippen molar-refractivity contribution in [2.45, 2.75) is 38.5 Å². The molecule has 0 bridgehead atoms. The smallest absolute Gasteiger partial charge is 0.136 e. The largest absolute Gasteiger partial charge is 0.598 e. The Morgan fingerprint density at radius 3 is 2.67 bits per heavy atom. The first kappa shape index (κ1) is 13.5. The summed E-state index contributed by atoms with van der Waals surface area (Å²) in [6, 6.07) is 8.00. The Bertz CT molecular complexity index is 530. The molecule has 2 atom stereocenters. The second-order valence-electron chi connectivity index (χ2n) is 5.44. The average molecular weight is 265 g/mol. The van der Waals surface area contributed by atoms with Gasteiger partial charge in [0.05, 0.1) is 12.3 Å². The monoisotopic (exact) mass is 265 g/mol. The van der Waals surface area contributed by atoms with Gasteiger partial charge in [-0.2, -0.15) is 0 Å². The second-order valence-corrected chi connectivity index (χ2v) is 7.44. The minimum absolute atomic E-state index is 0.0457. The molecule has 1 N–H and O–H groups in total. The molecule has 2 aromatic rings. The van der Waals surface area contributed by atoms with Gasteiger partial charge in [0.1, 0.15) is 10.3 Å². The van der Waals surface area contributed by atoms with Crippen LogP contribution in [0, 0.1) is 0 Å². The van der Waals surface area contributed by atoms with Crippen LogP contribution in [0.25, 0.3) is 11.0 Å². The molecule has 0 fully saturated rings. The molecule has 0 radical (unpaired) electrons. The van der Waals surface area contributed by atoms with Crippen molar-refractivity contribution in [3.8, 4) is 0 Å². The van der Waals surface area contributed by atoms with E-state index in [9.17, 15) is 4.55 Å². The minimum Gasteiger partial charge on any atom is -0.598 e. The van der Waals surface area contributed by atoms with Crippen molar-refractivity contribution in [3.63, 3.8) is 0 Å². The summed E-state index contributed by atoms with van der Waals surface area (Å²) < 4.78 is 20.2. The summed E-state index contributed by atoms with van der Waals surface area (Å²) in [5, 5.41) is 1.07. The van der Waals surface area contributed by atoms with Gasteiger partial charge in [-0.1, -0.05) is 6.07 Å². The molecule has 0 amide bonds. The number of furan rings is 1. The quantitative estimate of drug-likeness (QED) is 0.863. The Labute approximate surface area is 111 Å². The fourth-order valence-corrected chi connectivity index (χ4v) is 2.47. The number of rotatable bonds is 3. The van der Waals surface area contributed by atoms with Gasteiger partial charge in [0, 0.05) is 16.7 Å². The number of benzene rings is 1. The van der Waals surface area contributed by atoms with E-state index in [0.717, 1.165) is 16.5 Å². The molecule has 18 heavy (non-hydrogen) atoms. The molecule has 3 nitrogen and oxygen atoms in total. The maximum Gasteiger partial charge on any atom is 0.136 e. The van der Waals surface area contributed by atoms with Crippen molar-refractivity contribution in [3.05, 3.63) is 36.1 Å². The van der Waals surface area contributed by atoms with Gasteiger partial charge >= 0.3 is 0 Å². The van der Waals surface area contributed by atoms with E-state index in [-0.39, 0.29) is 10.8 Å². The van der Waals surface area contributed by atoms with Crippen LogP contribution < -0.4 is 4.72 Å². The predicted molar refractivity (Wildman–Crippen MR) is 75.7 cm³/mol. The molecule has 1 aromatic carbocycles. The van der Waals surface area contributed by atoms with Crippen LogP contribution in [-0.4, -0.2) is 9.30 Å². The van der Waals surface area contributed by atoms with E-state index < -0.39 is 11.4 Å². The Kier molecular flexibility index (Phi) is 3.71. The summed E-state index contributed by atoms with van der Waals surface area (Å²) in [6.45, 7) is 7.90. The van der Waals surface area contributed by atoms with Crippen molar-refractivity contribution in [1.29, 1.82) is 0 Å². The van der Waals surface area contributed by atoms with Crippen molar-refractivity contribution in [2.75, 3.05) is 0 Å². The third kappa shape index (κ3) is 2.88. The third-order valence-electron chi connectivity index (χ3n) is 2.82. The Morgan fingerprint density at radius 1 is 1.28 bits per heavy atom. The van der Waals surface area contributed by atoms with Crippen LogP contribution in [0.5, 0.6) is 0 Å². The lowest BCUT2D eigenvalue weighted by Gasteiger charge is -2.26. The summed E-state index contributed by atoms with van der Waals surface area (Å²) in [5.74, 6) is 0. The standard InChI is InChI=1S/C14H19NO2S/c1-10(15-18(16)14(2,3)4)11-5-6-13-12(9-11)7-8-17-13/h5-10,15H,1-4H3/t10-,18?/m0/s1. The van der Waals surface area contributed by atoms with Crippen LogP contribution in [0.4, 0.5) is 0 Å². The van der Waals surface area contributed by atoms with E-state index in [1.165, 1.54) is 0 Å². The molecular weight excluding hydrogens is 246 g/mol. The Balaban J connectivity index is 2.15. The van der Waals surface area contributed by atoms with E-state index in [1.807, 2.05) is 45.9 Å². The first-order valence-electron chi connectivity index (χ1n) is 6.03. The van der Waals surface area contributed by atoms with Crippen LogP contribution in [0.15, 0.2) is 34.9 Å². The van der Waals surface area contributed by atoms with Gasteiger partial charge in [-0.05, 0) is 51.5 Å². The van der Waals surface area contributed by atoms with Crippen LogP contribution in [0.2, 0.25) is 0 Å². The summed E-state index contributed by atoms with van der Waals surface area (Å²) in [4.78, 5) is 0. The molecule has 0 saturated heterocycles. The van der Waals surface area contributed by atoms with Gasteiger partial charge in [-0.3, -0.25) is 0 Å². The lowest BCUT2D eigenvalue weighted by molar-refractivity contribution is 0.531. The zero-order valence-corrected chi connectivity index (χ0v) is 12.0. The molecule has 4 heteroatoms. The predicted octanol–water partition coefficient (Wildman–Crippen LogP) is 3.55. The first-order valence-corrected chi connectivity index (χ1v) is 7.18. The molecule has 0 saturated carbocycles. The lowest BCUT2D eigenvalue weighted by Crippen LogP contribution is -2.40. The summed E-state index contributed by atoms with van der Waals surface area (Å²) in [6.07, 6.45) is 1.68. The van der Waals surface area contributed by atoms with Gasteiger partial charge in [-0.15, -0.1) is 4.72 Å². The summed E-state index contributed by atoms with van der Waals surface area (Å²) >= 11 is -1.07. The number of nitrogens with one attached hydrogen (secondary N) is 1. The highest BCUT2D eigenvalue weighted by Gasteiger charge is 2.28. The van der Waals surface area contributed by atoms with Crippen molar-refractivity contribution < 1.29 is 8.97 Å². The van der Waals surface area contributed by atoms with Crippen molar-refractivity contribution in [2.24, 2.45) is 0 Å². The molecule has 2 rings (SSSR count). The number of hydrogen-bond acceptors (Lipinski definition) is 3. The van der Waals surface area contributed by atoms with Gasteiger partial charge in [-0.25, -0.2) is 0 Å². The van der Waals surface area contributed by atoms with Gasteiger partial charge < -0.3 is 8.97 Å².